The minimum atomic E-state index is -1.60. The van der Waals surface area contributed by atoms with Gasteiger partial charge >= 0.3 is 6.03 Å². The maximum Gasteiger partial charge on any atom is 0.329 e. The molecule has 4 rings (SSSR count). The molecule has 34 heavy (non-hydrogen) atoms. The first-order chi connectivity index (χ1) is 16.4. The highest BCUT2D eigenvalue weighted by atomic mass is 35.5. The molecule has 0 radical (unpaired) electrons. The van der Waals surface area contributed by atoms with Crippen LogP contribution in [-0.4, -0.2) is 65.5 Å². The molecule has 2 aliphatic rings. The summed E-state index contributed by atoms with van der Waals surface area (Å²) < 4.78 is 26.3. The third kappa shape index (κ3) is 6.36. The molecule has 0 spiro atoms. The SMILES string of the molecule is COc1ccc(S(=O)NC(=O)N2CCC(N3CCC(Oc4ccc(Cl)c(Cl)c4)CC3)CC2)cc1. The zero-order valence-corrected chi connectivity index (χ0v) is 21.4. The van der Waals surface area contributed by atoms with Crippen LogP contribution in [0.2, 0.25) is 10.0 Å². The van der Waals surface area contributed by atoms with E-state index in [-0.39, 0.29) is 12.1 Å². The minimum Gasteiger partial charge on any atom is -0.497 e. The third-order valence-electron chi connectivity index (χ3n) is 6.39. The quantitative estimate of drug-likeness (QED) is 0.589. The van der Waals surface area contributed by atoms with Gasteiger partial charge in [-0.25, -0.2) is 9.00 Å². The summed E-state index contributed by atoms with van der Waals surface area (Å²) in [7, 11) is -0.0246. The molecule has 0 saturated carbocycles. The van der Waals surface area contributed by atoms with Crippen LogP contribution in [0.1, 0.15) is 25.7 Å². The van der Waals surface area contributed by atoms with E-state index in [1.807, 2.05) is 6.07 Å². The van der Waals surface area contributed by atoms with Crippen LogP contribution in [0.3, 0.4) is 0 Å². The monoisotopic (exact) mass is 525 g/mol. The zero-order chi connectivity index (χ0) is 24.1. The number of likely N-dealkylation sites (tertiary alicyclic amines) is 2. The average Bonchev–Trinajstić information content (AvgIpc) is 2.87. The Labute approximate surface area is 212 Å². The number of benzene rings is 2. The number of nitrogens with zero attached hydrogens (tertiary/aromatic N) is 2. The second-order valence-corrected chi connectivity index (χ2v) is 10.5. The molecule has 2 amide bonds. The Bertz CT molecular complexity index is 1010. The Hall–Kier alpha value is -2.00. The van der Waals surface area contributed by atoms with Gasteiger partial charge in [-0.2, -0.15) is 0 Å². The van der Waals surface area contributed by atoms with Crippen molar-refractivity contribution in [3.8, 4) is 11.5 Å². The van der Waals surface area contributed by atoms with Crippen molar-refractivity contribution in [1.29, 1.82) is 0 Å². The van der Waals surface area contributed by atoms with Crippen molar-refractivity contribution in [2.24, 2.45) is 0 Å². The van der Waals surface area contributed by atoms with Gasteiger partial charge in [0.2, 0.25) is 0 Å². The lowest BCUT2D eigenvalue weighted by molar-refractivity contribution is 0.0540. The summed E-state index contributed by atoms with van der Waals surface area (Å²) in [6, 6.07) is 12.4. The number of nitrogens with one attached hydrogen (secondary N) is 1. The van der Waals surface area contributed by atoms with Gasteiger partial charge in [0.15, 0.2) is 11.0 Å². The fourth-order valence-corrected chi connectivity index (χ4v) is 5.51. The Balaban J connectivity index is 1.19. The van der Waals surface area contributed by atoms with Gasteiger partial charge in [-0.3, -0.25) is 9.62 Å². The molecule has 0 bridgehead atoms. The van der Waals surface area contributed by atoms with E-state index in [9.17, 15) is 9.00 Å². The van der Waals surface area contributed by atoms with Crippen LogP contribution in [0.5, 0.6) is 11.5 Å². The molecule has 0 aromatic heterocycles. The number of ether oxygens (including phenoxy) is 2. The summed E-state index contributed by atoms with van der Waals surface area (Å²) in [5, 5.41) is 1.02. The van der Waals surface area contributed by atoms with Gasteiger partial charge < -0.3 is 14.4 Å². The fraction of sp³-hybridized carbons (Fsp3) is 0.458. The number of rotatable bonds is 6. The van der Waals surface area contributed by atoms with Gasteiger partial charge in [0, 0.05) is 38.3 Å². The summed E-state index contributed by atoms with van der Waals surface area (Å²) >= 11 is 12.1. The lowest BCUT2D eigenvalue weighted by atomic mass is 9.99. The number of methoxy groups -OCH3 is 1. The molecule has 184 valence electrons. The van der Waals surface area contributed by atoms with Crippen LogP contribution in [0, 0.1) is 0 Å². The Morgan fingerprint density at radius 2 is 1.59 bits per heavy atom. The van der Waals surface area contributed by atoms with Crippen LogP contribution in [0.25, 0.3) is 0 Å². The van der Waals surface area contributed by atoms with E-state index in [2.05, 4.69) is 9.62 Å². The summed E-state index contributed by atoms with van der Waals surface area (Å²) in [6.45, 7) is 3.22. The van der Waals surface area contributed by atoms with Crippen molar-refractivity contribution in [1.82, 2.24) is 14.5 Å². The zero-order valence-electron chi connectivity index (χ0n) is 19.0. The van der Waals surface area contributed by atoms with Crippen molar-refractivity contribution in [2.75, 3.05) is 33.3 Å². The number of hydrogen-bond acceptors (Lipinski definition) is 5. The first kappa shape index (κ1) is 25.1. The van der Waals surface area contributed by atoms with Crippen molar-refractivity contribution >= 4 is 40.2 Å². The average molecular weight is 526 g/mol. The van der Waals surface area contributed by atoms with E-state index in [1.165, 1.54) is 0 Å². The number of piperidine rings is 2. The summed E-state index contributed by atoms with van der Waals surface area (Å²) in [6.07, 6.45) is 3.86. The molecule has 2 aromatic carbocycles. The number of carbonyl (C=O) groups excluding carboxylic acids is 1. The van der Waals surface area contributed by atoms with Crippen LogP contribution in [0.15, 0.2) is 47.4 Å². The van der Waals surface area contributed by atoms with Crippen LogP contribution in [0.4, 0.5) is 4.79 Å². The molecular weight excluding hydrogens is 497 g/mol. The Kier molecular flexibility index (Phi) is 8.58. The predicted molar refractivity (Wildman–Crippen MR) is 134 cm³/mol. The molecule has 1 N–H and O–H groups in total. The van der Waals surface area contributed by atoms with E-state index >= 15 is 0 Å². The Morgan fingerprint density at radius 1 is 0.941 bits per heavy atom. The lowest BCUT2D eigenvalue weighted by Crippen LogP contribution is -2.51. The van der Waals surface area contributed by atoms with Gasteiger partial charge in [0.05, 0.1) is 22.1 Å². The molecule has 2 saturated heterocycles. The molecule has 0 aliphatic carbocycles. The van der Waals surface area contributed by atoms with E-state index < -0.39 is 11.0 Å². The summed E-state index contributed by atoms with van der Waals surface area (Å²) in [5.41, 5.74) is 0. The maximum absolute atomic E-state index is 12.6. The van der Waals surface area contributed by atoms with E-state index in [0.29, 0.717) is 39.8 Å². The molecule has 2 fully saturated rings. The lowest BCUT2D eigenvalue weighted by Gasteiger charge is -2.41. The minimum absolute atomic E-state index is 0.160. The molecule has 2 heterocycles. The first-order valence-electron chi connectivity index (χ1n) is 11.4. The van der Waals surface area contributed by atoms with E-state index in [0.717, 1.165) is 44.5 Å². The van der Waals surface area contributed by atoms with Crippen LogP contribution < -0.4 is 14.2 Å². The highest BCUT2D eigenvalue weighted by Crippen LogP contribution is 2.29. The van der Waals surface area contributed by atoms with Gasteiger partial charge in [0.1, 0.15) is 17.6 Å². The largest absolute Gasteiger partial charge is 0.497 e. The molecular formula is C24H29Cl2N3O4S. The van der Waals surface area contributed by atoms with Crippen LogP contribution >= 0.6 is 23.2 Å². The number of halogens is 2. The van der Waals surface area contributed by atoms with Gasteiger partial charge in [-0.15, -0.1) is 0 Å². The number of urea groups is 1. The smallest absolute Gasteiger partial charge is 0.329 e. The van der Waals surface area contributed by atoms with Gasteiger partial charge in [0.25, 0.3) is 0 Å². The normalized spacial score (nSPS) is 19.0. The molecule has 2 aliphatic heterocycles. The molecule has 10 heteroatoms. The second-order valence-electron chi connectivity index (χ2n) is 8.50. The number of hydrogen-bond donors (Lipinski definition) is 1. The number of amides is 2. The topological polar surface area (TPSA) is 71.1 Å². The summed E-state index contributed by atoms with van der Waals surface area (Å²) in [5.74, 6) is 1.43. The van der Waals surface area contributed by atoms with Crippen LogP contribution in [-0.2, 0) is 11.0 Å². The standard InChI is InChI=1S/C24H29Cl2N3O4S/c1-32-18-2-5-21(6-3-18)34(31)27-24(30)29-12-8-17(9-13-29)28-14-10-19(11-15-28)33-20-4-7-22(25)23(26)16-20/h2-7,16-17,19H,8-15H2,1H3,(H,27,30). The molecule has 2 aromatic rings. The van der Waals surface area contributed by atoms with Gasteiger partial charge in [-0.05, 0) is 62.1 Å². The molecule has 7 nitrogen and oxygen atoms in total. The summed E-state index contributed by atoms with van der Waals surface area (Å²) in [4.78, 5) is 17.4. The highest BCUT2D eigenvalue weighted by Gasteiger charge is 2.30. The highest BCUT2D eigenvalue weighted by molar-refractivity contribution is 7.83. The predicted octanol–water partition coefficient (Wildman–Crippen LogP) is 4.74. The van der Waals surface area contributed by atoms with Gasteiger partial charge in [-0.1, -0.05) is 23.2 Å². The van der Waals surface area contributed by atoms with Crippen molar-refractivity contribution in [3.63, 3.8) is 0 Å². The molecule has 1 unspecified atom stereocenters. The van der Waals surface area contributed by atoms with Crippen molar-refractivity contribution < 1.29 is 18.5 Å². The van der Waals surface area contributed by atoms with E-state index in [1.54, 1.807) is 48.4 Å². The van der Waals surface area contributed by atoms with Crippen molar-refractivity contribution in [2.45, 2.75) is 42.7 Å². The third-order valence-corrected chi connectivity index (χ3v) is 8.19. The Morgan fingerprint density at radius 3 is 2.21 bits per heavy atom. The second kappa shape index (κ2) is 11.6. The first-order valence-corrected chi connectivity index (χ1v) is 13.3. The van der Waals surface area contributed by atoms with Crippen molar-refractivity contribution in [3.05, 3.63) is 52.5 Å². The molecule has 1 atom stereocenters. The van der Waals surface area contributed by atoms with E-state index in [4.69, 9.17) is 32.7 Å². The fourth-order valence-electron chi connectivity index (χ4n) is 4.44. The maximum atomic E-state index is 12.6. The number of carbonyl (C=O) groups is 1.